The molecular formula is C15H20N2O3. The highest BCUT2D eigenvalue weighted by atomic mass is 16.4. The van der Waals surface area contributed by atoms with E-state index in [0.29, 0.717) is 6.54 Å². The van der Waals surface area contributed by atoms with E-state index in [0.717, 1.165) is 24.1 Å². The number of nitrogens with zero attached hydrogens (tertiary/aromatic N) is 1. The van der Waals surface area contributed by atoms with E-state index in [4.69, 9.17) is 10.8 Å². The Hall–Kier alpha value is -1.88. The van der Waals surface area contributed by atoms with Crippen LogP contribution in [0.5, 0.6) is 0 Å². The van der Waals surface area contributed by atoms with Gasteiger partial charge in [0.1, 0.15) is 0 Å². The molecule has 0 saturated carbocycles. The van der Waals surface area contributed by atoms with Gasteiger partial charge >= 0.3 is 5.97 Å². The van der Waals surface area contributed by atoms with Gasteiger partial charge in [-0.05, 0) is 37.8 Å². The number of carbonyl (C=O) groups is 2. The van der Waals surface area contributed by atoms with E-state index in [1.165, 1.54) is 5.56 Å². The Morgan fingerprint density at radius 2 is 2.20 bits per heavy atom. The number of fused-ring (bicyclic) bond motifs is 1. The Balaban J connectivity index is 2.14. The number of amides is 1. The molecule has 2 rings (SSSR count). The zero-order valence-electron chi connectivity index (χ0n) is 11.6. The molecule has 3 N–H and O–H groups in total. The van der Waals surface area contributed by atoms with Gasteiger partial charge in [-0.2, -0.15) is 0 Å². The van der Waals surface area contributed by atoms with Crippen molar-refractivity contribution in [3.05, 3.63) is 29.3 Å². The monoisotopic (exact) mass is 276 g/mol. The van der Waals surface area contributed by atoms with E-state index < -0.39 is 12.0 Å². The van der Waals surface area contributed by atoms with Crippen LogP contribution in [0.2, 0.25) is 0 Å². The molecular weight excluding hydrogens is 256 g/mol. The Morgan fingerprint density at radius 1 is 1.45 bits per heavy atom. The fourth-order valence-electron chi connectivity index (χ4n) is 2.56. The maximum atomic E-state index is 12.4. The first kappa shape index (κ1) is 14.5. The molecule has 108 valence electrons. The lowest BCUT2D eigenvalue weighted by Gasteiger charge is -2.31. The first-order valence-electron chi connectivity index (χ1n) is 6.87. The van der Waals surface area contributed by atoms with Crippen LogP contribution < -0.4 is 10.6 Å². The highest BCUT2D eigenvalue weighted by Gasteiger charge is 2.26. The molecule has 1 aliphatic heterocycles. The number of aliphatic carboxylic acids is 1. The summed E-state index contributed by atoms with van der Waals surface area (Å²) in [6.45, 7) is 2.68. The highest BCUT2D eigenvalue weighted by Crippen LogP contribution is 2.28. The van der Waals surface area contributed by atoms with Crippen LogP contribution in [0.4, 0.5) is 5.69 Å². The summed E-state index contributed by atoms with van der Waals surface area (Å²) in [7, 11) is 0. The average Bonchev–Trinajstić information content (AvgIpc) is 2.42. The molecule has 1 aromatic rings. The lowest BCUT2D eigenvalue weighted by molar-refractivity contribution is -0.137. The first-order chi connectivity index (χ1) is 9.49. The van der Waals surface area contributed by atoms with Crippen molar-refractivity contribution in [1.82, 2.24) is 0 Å². The second-order valence-electron chi connectivity index (χ2n) is 5.26. The van der Waals surface area contributed by atoms with Crippen LogP contribution in [0.1, 0.15) is 30.4 Å². The third-order valence-electron chi connectivity index (χ3n) is 3.61. The summed E-state index contributed by atoms with van der Waals surface area (Å²) < 4.78 is 0. The Morgan fingerprint density at radius 3 is 2.90 bits per heavy atom. The van der Waals surface area contributed by atoms with E-state index in [1.54, 1.807) is 4.90 Å². The van der Waals surface area contributed by atoms with Crippen molar-refractivity contribution < 1.29 is 14.7 Å². The number of nitrogens with two attached hydrogens (primary N) is 1. The van der Waals surface area contributed by atoms with E-state index in [-0.39, 0.29) is 18.7 Å². The lowest BCUT2D eigenvalue weighted by atomic mass is 9.98. The van der Waals surface area contributed by atoms with E-state index in [1.807, 2.05) is 19.1 Å². The van der Waals surface area contributed by atoms with Crippen LogP contribution in [0, 0.1) is 6.92 Å². The van der Waals surface area contributed by atoms with Gasteiger partial charge in [0, 0.05) is 18.7 Å². The predicted octanol–water partition coefficient (Wildman–Crippen LogP) is 1.47. The van der Waals surface area contributed by atoms with Crippen molar-refractivity contribution in [2.45, 2.75) is 38.6 Å². The largest absolute Gasteiger partial charge is 0.481 e. The van der Waals surface area contributed by atoms with Gasteiger partial charge in [0.05, 0.1) is 6.04 Å². The van der Waals surface area contributed by atoms with Gasteiger partial charge in [-0.1, -0.05) is 17.7 Å². The molecule has 0 aliphatic carbocycles. The standard InChI is InChI=1S/C15H20N2O3/c1-10-4-6-13-11(9-10)3-2-8-17(13)15(20)12(16)5-7-14(18)19/h4,6,9,12H,2-3,5,7-8,16H2,1H3,(H,18,19). The van der Waals surface area contributed by atoms with Gasteiger partial charge < -0.3 is 15.7 Å². The smallest absolute Gasteiger partial charge is 0.303 e. The Bertz CT molecular complexity index is 528. The third-order valence-corrected chi connectivity index (χ3v) is 3.61. The average molecular weight is 276 g/mol. The molecule has 0 aromatic heterocycles. The second kappa shape index (κ2) is 6.05. The minimum absolute atomic E-state index is 0.0818. The predicted molar refractivity (Wildman–Crippen MR) is 76.7 cm³/mol. The van der Waals surface area contributed by atoms with Crippen LogP contribution in [0.15, 0.2) is 18.2 Å². The molecule has 5 heteroatoms. The summed E-state index contributed by atoms with van der Waals surface area (Å²) in [6.07, 6.45) is 1.96. The fourth-order valence-corrected chi connectivity index (χ4v) is 2.56. The number of benzene rings is 1. The molecule has 0 bridgehead atoms. The number of aryl methyl sites for hydroxylation is 2. The quantitative estimate of drug-likeness (QED) is 0.872. The van der Waals surface area contributed by atoms with Crippen molar-refractivity contribution in [3.63, 3.8) is 0 Å². The number of carboxylic acid groups (broad SMARTS) is 1. The van der Waals surface area contributed by atoms with Crippen molar-refractivity contribution in [2.24, 2.45) is 5.73 Å². The van der Waals surface area contributed by atoms with Gasteiger partial charge in [-0.15, -0.1) is 0 Å². The van der Waals surface area contributed by atoms with E-state index in [2.05, 4.69) is 6.07 Å². The molecule has 1 aliphatic rings. The van der Waals surface area contributed by atoms with Crippen LogP contribution in [-0.2, 0) is 16.0 Å². The number of carbonyl (C=O) groups excluding carboxylic acids is 1. The van der Waals surface area contributed by atoms with Gasteiger partial charge in [0.25, 0.3) is 0 Å². The van der Waals surface area contributed by atoms with E-state index >= 15 is 0 Å². The van der Waals surface area contributed by atoms with Crippen LogP contribution in [-0.4, -0.2) is 29.6 Å². The van der Waals surface area contributed by atoms with Gasteiger partial charge in [0.15, 0.2) is 0 Å². The van der Waals surface area contributed by atoms with Crippen molar-refractivity contribution >= 4 is 17.6 Å². The summed E-state index contributed by atoms with van der Waals surface area (Å²) in [4.78, 5) is 24.6. The molecule has 1 heterocycles. The number of anilines is 1. The fraction of sp³-hybridized carbons (Fsp3) is 0.467. The molecule has 5 nitrogen and oxygen atoms in total. The van der Waals surface area contributed by atoms with Crippen LogP contribution >= 0.6 is 0 Å². The van der Waals surface area contributed by atoms with Crippen LogP contribution in [0.3, 0.4) is 0 Å². The molecule has 1 atom stereocenters. The Kier molecular flexibility index (Phi) is 4.39. The Labute approximate surface area is 118 Å². The number of rotatable bonds is 4. The third kappa shape index (κ3) is 3.17. The summed E-state index contributed by atoms with van der Waals surface area (Å²) in [6, 6.07) is 5.27. The van der Waals surface area contributed by atoms with E-state index in [9.17, 15) is 9.59 Å². The molecule has 20 heavy (non-hydrogen) atoms. The SMILES string of the molecule is Cc1ccc2c(c1)CCCN2C(=O)C(N)CCC(=O)O. The highest BCUT2D eigenvalue weighted by molar-refractivity contribution is 5.98. The van der Waals surface area contributed by atoms with Crippen LogP contribution in [0.25, 0.3) is 0 Å². The normalized spacial score (nSPS) is 15.6. The maximum Gasteiger partial charge on any atom is 0.303 e. The number of carboxylic acids is 1. The summed E-state index contributed by atoms with van der Waals surface area (Å²) in [5, 5.41) is 8.66. The van der Waals surface area contributed by atoms with Gasteiger partial charge in [-0.25, -0.2) is 0 Å². The second-order valence-corrected chi connectivity index (χ2v) is 5.26. The molecule has 0 spiro atoms. The zero-order chi connectivity index (χ0) is 14.7. The first-order valence-corrected chi connectivity index (χ1v) is 6.87. The molecule has 1 unspecified atom stereocenters. The molecule has 0 fully saturated rings. The molecule has 0 saturated heterocycles. The summed E-state index contributed by atoms with van der Waals surface area (Å²) in [5.74, 6) is -1.11. The summed E-state index contributed by atoms with van der Waals surface area (Å²) in [5.41, 5.74) is 9.08. The molecule has 1 amide bonds. The number of hydrogen-bond donors (Lipinski definition) is 2. The summed E-state index contributed by atoms with van der Waals surface area (Å²) >= 11 is 0. The molecule has 1 aromatic carbocycles. The minimum Gasteiger partial charge on any atom is -0.481 e. The lowest BCUT2D eigenvalue weighted by Crippen LogP contribution is -2.46. The maximum absolute atomic E-state index is 12.4. The van der Waals surface area contributed by atoms with Crippen molar-refractivity contribution in [2.75, 3.05) is 11.4 Å². The van der Waals surface area contributed by atoms with Gasteiger partial charge in [0.2, 0.25) is 5.91 Å². The van der Waals surface area contributed by atoms with Gasteiger partial charge in [-0.3, -0.25) is 9.59 Å². The van der Waals surface area contributed by atoms with Crippen molar-refractivity contribution in [3.8, 4) is 0 Å². The zero-order valence-corrected chi connectivity index (χ0v) is 11.6. The number of hydrogen-bond acceptors (Lipinski definition) is 3. The van der Waals surface area contributed by atoms with Crippen molar-refractivity contribution in [1.29, 1.82) is 0 Å². The topological polar surface area (TPSA) is 83.6 Å². The molecule has 0 radical (unpaired) electrons. The minimum atomic E-state index is -0.928.